The van der Waals surface area contributed by atoms with Gasteiger partial charge in [-0.2, -0.15) is 4.98 Å². The fourth-order valence-electron chi connectivity index (χ4n) is 3.46. The molecule has 2 heterocycles. The van der Waals surface area contributed by atoms with Crippen LogP contribution in [0.25, 0.3) is 16.9 Å². The summed E-state index contributed by atoms with van der Waals surface area (Å²) >= 11 is 0. The Morgan fingerprint density at radius 3 is 2.56 bits per heavy atom. The van der Waals surface area contributed by atoms with Crippen molar-refractivity contribution in [3.05, 3.63) is 83.7 Å². The van der Waals surface area contributed by atoms with Crippen LogP contribution in [0, 0.1) is 11.7 Å². The van der Waals surface area contributed by atoms with E-state index in [0.717, 1.165) is 24.1 Å². The van der Waals surface area contributed by atoms with Crippen LogP contribution in [0.2, 0.25) is 0 Å². The Bertz CT molecular complexity index is 1310. The molecule has 1 fully saturated rings. The quantitative estimate of drug-likeness (QED) is 0.488. The molecule has 0 bridgehead atoms. The number of nitrogens with zero attached hydrogens (tertiary/aromatic N) is 3. The van der Waals surface area contributed by atoms with Crippen LogP contribution in [0.1, 0.15) is 28.8 Å². The van der Waals surface area contributed by atoms with Gasteiger partial charge in [0.1, 0.15) is 5.82 Å². The van der Waals surface area contributed by atoms with Gasteiger partial charge in [-0.05, 0) is 54.8 Å². The SMILES string of the molecule is O=C(NCc1cccc(F)c1)c1ccc(-c2cccc3nc(NC(=O)C4CC4)nn23)cc1. The lowest BCUT2D eigenvalue weighted by molar-refractivity contribution is -0.117. The Morgan fingerprint density at radius 1 is 1.03 bits per heavy atom. The van der Waals surface area contributed by atoms with Gasteiger partial charge in [-0.25, -0.2) is 8.91 Å². The number of fused-ring (bicyclic) bond motifs is 1. The van der Waals surface area contributed by atoms with E-state index in [1.165, 1.54) is 12.1 Å². The Hall–Kier alpha value is -4.07. The van der Waals surface area contributed by atoms with Gasteiger partial charge in [0.2, 0.25) is 11.9 Å². The van der Waals surface area contributed by atoms with E-state index < -0.39 is 0 Å². The van der Waals surface area contributed by atoms with Crippen LogP contribution < -0.4 is 10.6 Å². The van der Waals surface area contributed by atoms with Crippen molar-refractivity contribution >= 4 is 23.4 Å². The molecular weight excluding hydrogens is 409 g/mol. The molecule has 0 aliphatic heterocycles. The number of nitrogens with one attached hydrogen (secondary N) is 2. The van der Waals surface area contributed by atoms with Gasteiger partial charge in [-0.1, -0.05) is 30.3 Å². The highest BCUT2D eigenvalue weighted by Crippen LogP contribution is 2.30. The predicted molar refractivity (Wildman–Crippen MR) is 117 cm³/mol. The molecule has 2 amide bonds. The summed E-state index contributed by atoms with van der Waals surface area (Å²) in [6.07, 6.45) is 1.82. The zero-order chi connectivity index (χ0) is 22.1. The summed E-state index contributed by atoms with van der Waals surface area (Å²) in [7, 11) is 0. The molecule has 7 nitrogen and oxygen atoms in total. The van der Waals surface area contributed by atoms with Crippen molar-refractivity contribution in [3.8, 4) is 11.3 Å². The molecule has 160 valence electrons. The number of hydrogen-bond acceptors (Lipinski definition) is 4. The van der Waals surface area contributed by atoms with E-state index in [-0.39, 0.29) is 36.0 Å². The molecule has 1 aliphatic carbocycles. The van der Waals surface area contributed by atoms with E-state index in [0.29, 0.717) is 16.8 Å². The molecule has 1 saturated carbocycles. The van der Waals surface area contributed by atoms with Crippen LogP contribution in [-0.2, 0) is 11.3 Å². The maximum atomic E-state index is 13.3. The lowest BCUT2D eigenvalue weighted by atomic mass is 10.1. The van der Waals surface area contributed by atoms with Crippen molar-refractivity contribution < 1.29 is 14.0 Å². The number of hydrogen-bond donors (Lipinski definition) is 2. The zero-order valence-electron chi connectivity index (χ0n) is 17.1. The number of amides is 2. The van der Waals surface area contributed by atoms with E-state index in [1.54, 1.807) is 28.8 Å². The van der Waals surface area contributed by atoms with Crippen molar-refractivity contribution in [1.29, 1.82) is 0 Å². The van der Waals surface area contributed by atoms with Crippen LogP contribution in [0.5, 0.6) is 0 Å². The van der Waals surface area contributed by atoms with Gasteiger partial charge in [0.25, 0.3) is 5.91 Å². The van der Waals surface area contributed by atoms with Crippen LogP contribution >= 0.6 is 0 Å². The Balaban J connectivity index is 1.32. The van der Waals surface area contributed by atoms with Crippen molar-refractivity contribution in [2.45, 2.75) is 19.4 Å². The second kappa shape index (κ2) is 8.22. The van der Waals surface area contributed by atoms with Gasteiger partial charge in [0, 0.05) is 23.6 Å². The lowest BCUT2D eigenvalue weighted by Crippen LogP contribution is -2.22. The normalized spacial score (nSPS) is 13.2. The highest BCUT2D eigenvalue weighted by atomic mass is 19.1. The van der Waals surface area contributed by atoms with Crippen LogP contribution in [0.3, 0.4) is 0 Å². The number of benzene rings is 2. The number of halogens is 1. The monoisotopic (exact) mass is 429 g/mol. The third kappa shape index (κ3) is 4.20. The van der Waals surface area contributed by atoms with Gasteiger partial charge in [0.05, 0.1) is 5.69 Å². The van der Waals surface area contributed by atoms with E-state index >= 15 is 0 Å². The first kappa shape index (κ1) is 19.9. The minimum absolute atomic E-state index is 0.0453. The van der Waals surface area contributed by atoms with E-state index in [9.17, 15) is 14.0 Å². The van der Waals surface area contributed by atoms with E-state index in [2.05, 4.69) is 20.7 Å². The molecular formula is C24H20FN5O2. The summed E-state index contributed by atoms with van der Waals surface area (Å²) in [6.45, 7) is 0.242. The second-order valence-electron chi connectivity index (χ2n) is 7.77. The minimum Gasteiger partial charge on any atom is -0.348 e. The highest BCUT2D eigenvalue weighted by Gasteiger charge is 2.30. The average molecular weight is 429 g/mol. The molecule has 4 aromatic rings. The topological polar surface area (TPSA) is 88.4 Å². The van der Waals surface area contributed by atoms with Gasteiger partial charge < -0.3 is 5.32 Å². The molecule has 0 atom stereocenters. The summed E-state index contributed by atoms with van der Waals surface area (Å²) < 4.78 is 15.0. The first-order valence-electron chi connectivity index (χ1n) is 10.4. The fourth-order valence-corrected chi connectivity index (χ4v) is 3.46. The number of pyridine rings is 1. The number of aromatic nitrogens is 3. The first-order valence-corrected chi connectivity index (χ1v) is 10.4. The molecule has 0 saturated heterocycles. The number of rotatable bonds is 6. The van der Waals surface area contributed by atoms with Crippen molar-refractivity contribution in [2.24, 2.45) is 5.92 Å². The fraction of sp³-hybridized carbons (Fsp3) is 0.167. The molecule has 0 spiro atoms. The standard InChI is InChI=1S/C24H20FN5O2/c25-19-4-1-3-15(13-19)14-26-22(31)17-9-7-16(8-10-17)20-5-2-6-21-27-24(29-30(20)21)28-23(32)18-11-12-18/h1-10,13,18H,11-12,14H2,(H,26,31)(H,28,29,32). The maximum Gasteiger partial charge on any atom is 0.251 e. The third-order valence-electron chi connectivity index (χ3n) is 5.33. The lowest BCUT2D eigenvalue weighted by Gasteiger charge is -2.08. The molecule has 0 unspecified atom stereocenters. The largest absolute Gasteiger partial charge is 0.348 e. The third-order valence-corrected chi connectivity index (χ3v) is 5.33. The Kier molecular flexibility index (Phi) is 5.10. The summed E-state index contributed by atoms with van der Waals surface area (Å²) in [6, 6.07) is 18.8. The molecule has 2 aromatic carbocycles. The van der Waals surface area contributed by atoms with Gasteiger partial charge in [0.15, 0.2) is 5.65 Å². The Morgan fingerprint density at radius 2 is 1.81 bits per heavy atom. The average Bonchev–Trinajstić information content (AvgIpc) is 3.57. The second-order valence-corrected chi connectivity index (χ2v) is 7.77. The minimum atomic E-state index is -0.335. The van der Waals surface area contributed by atoms with Crippen molar-refractivity contribution in [1.82, 2.24) is 19.9 Å². The molecule has 2 N–H and O–H groups in total. The number of carbonyl (C=O) groups is 2. The van der Waals surface area contributed by atoms with Crippen molar-refractivity contribution in [2.75, 3.05) is 5.32 Å². The van der Waals surface area contributed by atoms with Gasteiger partial charge in [-0.3, -0.25) is 14.9 Å². The predicted octanol–water partition coefficient (Wildman–Crippen LogP) is 3.81. The number of carbonyl (C=O) groups excluding carboxylic acids is 2. The summed E-state index contributed by atoms with van der Waals surface area (Å²) in [5.74, 6) is -0.275. The molecule has 1 aliphatic rings. The van der Waals surface area contributed by atoms with E-state index in [1.807, 2.05) is 30.3 Å². The van der Waals surface area contributed by atoms with Crippen molar-refractivity contribution in [3.63, 3.8) is 0 Å². The molecule has 2 aromatic heterocycles. The van der Waals surface area contributed by atoms with Crippen LogP contribution in [-0.4, -0.2) is 26.4 Å². The van der Waals surface area contributed by atoms with Crippen LogP contribution in [0.15, 0.2) is 66.7 Å². The highest BCUT2D eigenvalue weighted by molar-refractivity contribution is 5.94. The zero-order valence-corrected chi connectivity index (χ0v) is 17.1. The molecule has 8 heteroatoms. The Labute approximate surface area is 183 Å². The summed E-state index contributed by atoms with van der Waals surface area (Å²) in [5, 5.41) is 9.99. The molecule has 5 rings (SSSR count). The summed E-state index contributed by atoms with van der Waals surface area (Å²) in [5.41, 5.74) is 3.44. The van der Waals surface area contributed by atoms with Gasteiger partial charge in [-0.15, -0.1) is 5.10 Å². The van der Waals surface area contributed by atoms with Crippen LogP contribution in [0.4, 0.5) is 10.3 Å². The molecule has 32 heavy (non-hydrogen) atoms. The maximum absolute atomic E-state index is 13.3. The van der Waals surface area contributed by atoms with Gasteiger partial charge >= 0.3 is 0 Å². The summed E-state index contributed by atoms with van der Waals surface area (Å²) in [4.78, 5) is 28.9. The van der Waals surface area contributed by atoms with E-state index in [4.69, 9.17) is 0 Å². The molecule has 0 radical (unpaired) electrons. The first-order chi connectivity index (χ1) is 15.6. The number of anilines is 1. The smallest absolute Gasteiger partial charge is 0.251 e.